The summed E-state index contributed by atoms with van der Waals surface area (Å²) in [6.45, 7) is 8.77. The molecule has 144 valence electrons. The summed E-state index contributed by atoms with van der Waals surface area (Å²) < 4.78 is 5.59. The zero-order valence-electron chi connectivity index (χ0n) is 16.8. The van der Waals surface area contributed by atoms with Crippen LogP contribution in [-0.4, -0.2) is 37.6 Å². The van der Waals surface area contributed by atoms with Crippen molar-refractivity contribution in [1.29, 1.82) is 0 Å². The standard InChI is InChI=1S/C23H30N2O2/c1-16-13-17(2)22(18(3)14-16)23(26)24-15-20(25-11-7-8-12-25)19-9-5-6-10-21(19)27-4/h5-6,9-10,13-14,20H,7-8,11-12,15H2,1-4H3,(H,24,26). The van der Waals surface area contributed by atoms with E-state index in [2.05, 4.69) is 35.3 Å². The second-order valence-electron chi connectivity index (χ2n) is 7.48. The number of carbonyl (C=O) groups is 1. The van der Waals surface area contributed by atoms with Crippen LogP contribution in [0.5, 0.6) is 5.75 Å². The summed E-state index contributed by atoms with van der Waals surface area (Å²) in [5.41, 5.74) is 5.17. The molecule has 1 heterocycles. The Morgan fingerprint density at radius 3 is 2.37 bits per heavy atom. The molecule has 2 aromatic carbocycles. The van der Waals surface area contributed by atoms with Gasteiger partial charge in [0.05, 0.1) is 13.2 Å². The first-order valence-corrected chi connectivity index (χ1v) is 9.74. The van der Waals surface area contributed by atoms with Gasteiger partial charge in [0.15, 0.2) is 0 Å². The highest BCUT2D eigenvalue weighted by Gasteiger charge is 2.26. The molecular formula is C23H30N2O2. The van der Waals surface area contributed by atoms with Gasteiger partial charge < -0.3 is 10.1 Å². The molecule has 27 heavy (non-hydrogen) atoms. The lowest BCUT2D eigenvalue weighted by Gasteiger charge is -2.29. The van der Waals surface area contributed by atoms with Gasteiger partial charge in [-0.2, -0.15) is 0 Å². The normalized spacial score (nSPS) is 15.6. The highest BCUT2D eigenvalue weighted by molar-refractivity contribution is 5.97. The van der Waals surface area contributed by atoms with Gasteiger partial charge in [0.1, 0.15) is 5.75 Å². The maximum atomic E-state index is 12.9. The third-order valence-corrected chi connectivity index (χ3v) is 5.44. The average Bonchev–Trinajstić information content (AvgIpc) is 3.16. The van der Waals surface area contributed by atoms with Gasteiger partial charge in [0.2, 0.25) is 0 Å². The number of amides is 1. The Labute approximate surface area is 162 Å². The first kappa shape index (κ1) is 19.4. The minimum atomic E-state index is 0.00379. The summed E-state index contributed by atoms with van der Waals surface area (Å²) in [5, 5.41) is 3.19. The number of para-hydroxylation sites is 1. The lowest BCUT2D eigenvalue weighted by Crippen LogP contribution is -2.37. The second kappa shape index (κ2) is 8.57. The number of ether oxygens (including phenoxy) is 1. The molecule has 1 aliphatic rings. The number of rotatable bonds is 6. The molecule has 3 rings (SSSR count). The zero-order chi connectivity index (χ0) is 19.4. The lowest BCUT2D eigenvalue weighted by molar-refractivity contribution is 0.0936. The van der Waals surface area contributed by atoms with Crippen LogP contribution in [0.25, 0.3) is 0 Å². The van der Waals surface area contributed by atoms with E-state index in [-0.39, 0.29) is 11.9 Å². The number of hydrogen-bond donors (Lipinski definition) is 1. The summed E-state index contributed by atoms with van der Waals surface area (Å²) in [4.78, 5) is 15.4. The molecule has 0 bridgehead atoms. The van der Waals surface area contributed by atoms with Crippen molar-refractivity contribution in [3.05, 3.63) is 64.2 Å². The van der Waals surface area contributed by atoms with Gasteiger partial charge in [-0.1, -0.05) is 35.9 Å². The highest BCUT2D eigenvalue weighted by Crippen LogP contribution is 2.31. The maximum absolute atomic E-state index is 12.9. The van der Waals surface area contributed by atoms with Gasteiger partial charge in [0, 0.05) is 17.7 Å². The van der Waals surface area contributed by atoms with E-state index in [0.717, 1.165) is 41.1 Å². The fourth-order valence-corrected chi connectivity index (χ4v) is 4.25. The molecule has 1 aliphatic heterocycles. The molecule has 0 saturated carbocycles. The smallest absolute Gasteiger partial charge is 0.251 e. The van der Waals surface area contributed by atoms with E-state index >= 15 is 0 Å². The average molecular weight is 367 g/mol. The predicted molar refractivity (Wildman–Crippen MR) is 110 cm³/mol. The Bertz CT molecular complexity index is 787. The number of carbonyl (C=O) groups excluding carboxylic acids is 1. The topological polar surface area (TPSA) is 41.6 Å². The number of methoxy groups -OCH3 is 1. The van der Waals surface area contributed by atoms with E-state index in [9.17, 15) is 4.79 Å². The van der Waals surface area contributed by atoms with Crippen LogP contribution >= 0.6 is 0 Å². The molecule has 1 N–H and O–H groups in total. The number of nitrogens with one attached hydrogen (secondary N) is 1. The monoisotopic (exact) mass is 366 g/mol. The van der Waals surface area contributed by atoms with Crippen LogP contribution in [0.2, 0.25) is 0 Å². The largest absolute Gasteiger partial charge is 0.496 e. The minimum absolute atomic E-state index is 0.00379. The molecule has 2 aromatic rings. The van der Waals surface area contributed by atoms with E-state index in [4.69, 9.17) is 4.74 Å². The molecule has 0 spiro atoms. The molecule has 4 heteroatoms. The Balaban J connectivity index is 1.82. The van der Waals surface area contributed by atoms with Gasteiger partial charge >= 0.3 is 0 Å². The molecule has 0 aromatic heterocycles. The maximum Gasteiger partial charge on any atom is 0.251 e. The van der Waals surface area contributed by atoms with Crippen LogP contribution in [0.4, 0.5) is 0 Å². The number of aryl methyl sites for hydroxylation is 3. The molecule has 1 atom stereocenters. The van der Waals surface area contributed by atoms with Crippen LogP contribution in [0.1, 0.15) is 51.5 Å². The van der Waals surface area contributed by atoms with Crippen molar-refractivity contribution in [2.75, 3.05) is 26.7 Å². The Hall–Kier alpha value is -2.33. The van der Waals surface area contributed by atoms with Crippen LogP contribution in [0.15, 0.2) is 36.4 Å². The Kier molecular flexibility index (Phi) is 6.17. The molecule has 0 aliphatic carbocycles. The van der Waals surface area contributed by atoms with Crippen molar-refractivity contribution < 1.29 is 9.53 Å². The summed E-state index contributed by atoms with van der Waals surface area (Å²) in [5.74, 6) is 0.885. The van der Waals surface area contributed by atoms with Crippen molar-refractivity contribution in [1.82, 2.24) is 10.2 Å². The van der Waals surface area contributed by atoms with Crippen molar-refractivity contribution in [3.63, 3.8) is 0 Å². The van der Waals surface area contributed by atoms with Crippen LogP contribution in [-0.2, 0) is 0 Å². The van der Waals surface area contributed by atoms with E-state index in [0.29, 0.717) is 6.54 Å². The number of hydrogen-bond acceptors (Lipinski definition) is 3. The molecule has 1 unspecified atom stereocenters. The summed E-state index contributed by atoms with van der Waals surface area (Å²) in [6, 6.07) is 12.4. The SMILES string of the molecule is COc1ccccc1C(CNC(=O)c1c(C)cc(C)cc1C)N1CCCC1. The zero-order valence-corrected chi connectivity index (χ0v) is 16.8. The Morgan fingerprint density at radius 2 is 1.74 bits per heavy atom. The molecule has 4 nitrogen and oxygen atoms in total. The quantitative estimate of drug-likeness (QED) is 0.834. The van der Waals surface area contributed by atoms with Crippen LogP contribution in [0.3, 0.4) is 0 Å². The van der Waals surface area contributed by atoms with E-state index in [1.54, 1.807) is 7.11 Å². The first-order chi connectivity index (χ1) is 13.0. The van der Waals surface area contributed by atoms with Gasteiger partial charge in [0.25, 0.3) is 5.91 Å². The summed E-state index contributed by atoms with van der Waals surface area (Å²) in [6.07, 6.45) is 2.41. The van der Waals surface area contributed by atoms with Crippen molar-refractivity contribution in [3.8, 4) is 5.75 Å². The number of benzene rings is 2. The van der Waals surface area contributed by atoms with Crippen molar-refractivity contribution >= 4 is 5.91 Å². The molecule has 1 fully saturated rings. The first-order valence-electron chi connectivity index (χ1n) is 9.74. The fourth-order valence-electron chi connectivity index (χ4n) is 4.25. The number of nitrogens with zero attached hydrogens (tertiary/aromatic N) is 1. The Morgan fingerprint density at radius 1 is 1.11 bits per heavy atom. The summed E-state index contributed by atoms with van der Waals surface area (Å²) in [7, 11) is 1.71. The van der Waals surface area contributed by atoms with Gasteiger partial charge in [-0.25, -0.2) is 0 Å². The number of likely N-dealkylation sites (tertiary alicyclic amines) is 1. The van der Waals surface area contributed by atoms with E-state index in [1.807, 2.05) is 32.0 Å². The van der Waals surface area contributed by atoms with Gasteiger partial charge in [-0.05, 0) is 63.9 Å². The fraction of sp³-hybridized carbons (Fsp3) is 0.435. The third kappa shape index (κ3) is 4.33. The summed E-state index contributed by atoms with van der Waals surface area (Å²) >= 11 is 0. The molecule has 1 amide bonds. The van der Waals surface area contributed by atoms with Gasteiger partial charge in [-0.15, -0.1) is 0 Å². The molecule has 0 radical (unpaired) electrons. The predicted octanol–water partition coefficient (Wildman–Crippen LogP) is 4.19. The van der Waals surface area contributed by atoms with Crippen LogP contribution in [0, 0.1) is 20.8 Å². The van der Waals surface area contributed by atoms with Crippen LogP contribution < -0.4 is 10.1 Å². The lowest BCUT2D eigenvalue weighted by atomic mass is 9.98. The van der Waals surface area contributed by atoms with Crippen molar-refractivity contribution in [2.45, 2.75) is 39.7 Å². The highest BCUT2D eigenvalue weighted by atomic mass is 16.5. The van der Waals surface area contributed by atoms with E-state index < -0.39 is 0 Å². The van der Waals surface area contributed by atoms with Gasteiger partial charge in [-0.3, -0.25) is 9.69 Å². The van der Waals surface area contributed by atoms with Crippen molar-refractivity contribution in [2.24, 2.45) is 0 Å². The molecular weight excluding hydrogens is 336 g/mol. The van der Waals surface area contributed by atoms with E-state index in [1.165, 1.54) is 18.4 Å². The second-order valence-corrected chi connectivity index (χ2v) is 7.48. The third-order valence-electron chi connectivity index (χ3n) is 5.44. The minimum Gasteiger partial charge on any atom is -0.496 e. The molecule has 1 saturated heterocycles.